The van der Waals surface area contributed by atoms with E-state index in [9.17, 15) is 4.79 Å². The first-order chi connectivity index (χ1) is 8.37. The monoisotopic (exact) mass is 251 g/mol. The molecule has 1 aromatic rings. The average molecular weight is 251 g/mol. The maximum atomic E-state index is 12.1. The predicted molar refractivity (Wildman–Crippen MR) is 67.7 cm³/mol. The molecule has 1 aliphatic rings. The van der Waals surface area contributed by atoms with Crippen LogP contribution >= 0.6 is 0 Å². The molecule has 0 radical (unpaired) electrons. The number of ether oxygens (including phenoxy) is 2. The van der Waals surface area contributed by atoms with Crippen molar-refractivity contribution in [1.29, 1.82) is 0 Å². The predicted octanol–water partition coefficient (Wildman–Crippen LogP) is 1.80. The van der Waals surface area contributed by atoms with Gasteiger partial charge in [0.1, 0.15) is 18.0 Å². The molecular weight excluding hydrogens is 234 g/mol. The van der Waals surface area contributed by atoms with E-state index in [1.807, 2.05) is 20.8 Å². The van der Waals surface area contributed by atoms with Gasteiger partial charge in [0.15, 0.2) is 5.75 Å². The van der Waals surface area contributed by atoms with Crippen LogP contribution in [0.3, 0.4) is 0 Å². The highest BCUT2D eigenvalue weighted by molar-refractivity contribution is 5.90. The summed E-state index contributed by atoms with van der Waals surface area (Å²) in [5.74, 6) is 0.883. The van der Waals surface area contributed by atoms with Crippen LogP contribution in [0.15, 0.2) is 12.3 Å². The molecule has 6 heteroatoms. The van der Waals surface area contributed by atoms with Crippen molar-refractivity contribution in [1.82, 2.24) is 4.98 Å². The second-order valence-corrected chi connectivity index (χ2v) is 5.06. The lowest BCUT2D eigenvalue weighted by atomic mass is 10.2. The number of nitrogens with two attached hydrogens (primary N) is 1. The van der Waals surface area contributed by atoms with Crippen molar-refractivity contribution in [3.8, 4) is 5.75 Å². The smallest absolute Gasteiger partial charge is 0.415 e. The first-order valence-corrected chi connectivity index (χ1v) is 5.76. The lowest BCUT2D eigenvalue weighted by molar-refractivity contribution is 0.0568. The number of amides is 1. The molecule has 0 fully saturated rings. The van der Waals surface area contributed by atoms with Gasteiger partial charge in [0, 0.05) is 6.07 Å². The van der Waals surface area contributed by atoms with Crippen LogP contribution in [0.1, 0.15) is 20.8 Å². The Morgan fingerprint density at radius 3 is 2.94 bits per heavy atom. The van der Waals surface area contributed by atoms with Crippen LogP contribution < -0.4 is 15.4 Å². The van der Waals surface area contributed by atoms with Crippen molar-refractivity contribution in [2.75, 3.05) is 23.8 Å². The van der Waals surface area contributed by atoms with Crippen LogP contribution in [0.25, 0.3) is 0 Å². The van der Waals surface area contributed by atoms with Crippen LogP contribution in [0.2, 0.25) is 0 Å². The molecule has 98 valence electrons. The standard InChI is InChI=1S/C12H17N3O3/c1-12(2,3)18-11(16)15-4-5-17-9-7-14-10(13)6-8(9)15/h6-7H,4-5H2,1-3H3,(H2,13,14). The molecule has 0 spiro atoms. The number of carbonyl (C=O) groups is 1. The molecule has 0 aromatic carbocycles. The number of nitrogens with zero attached hydrogens (tertiary/aromatic N) is 2. The largest absolute Gasteiger partial charge is 0.488 e. The summed E-state index contributed by atoms with van der Waals surface area (Å²) < 4.78 is 10.8. The molecule has 1 aromatic heterocycles. The lowest BCUT2D eigenvalue weighted by Crippen LogP contribution is -2.41. The Kier molecular flexibility index (Phi) is 3.02. The molecule has 0 unspecified atom stereocenters. The van der Waals surface area contributed by atoms with E-state index < -0.39 is 11.7 Å². The summed E-state index contributed by atoms with van der Waals surface area (Å²) in [6.07, 6.45) is 1.11. The van der Waals surface area contributed by atoms with Crippen LogP contribution in [0.5, 0.6) is 5.75 Å². The summed E-state index contributed by atoms with van der Waals surface area (Å²) >= 11 is 0. The van der Waals surface area contributed by atoms with E-state index in [4.69, 9.17) is 15.2 Å². The zero-order valence-corrected chi connectivity index (χ0v) is 10.8. The SMILES string of the molecule is CC(C)(C)OC(=O)N1CCOc2cnc(N)cc21. The van der Waals surface area contributed by atoms with Crippen molar-refractivity contribution in [2.24, 2.45) is 0 Å². The number of fused-ring (bicyclic) bond motifs is 1. The average Bonchev–Trinajstić information content (AvgIpc) is 2.25. The van der Waals surface area contributed by atoms with Gasteiger partial charge < -0.3 is 15.2 Å². The minimum Gasteiger partial charge on any atom is -0.488 e. The van der Waals surface area contributed by atoms with Crippen molar-refractivity contribution in [2.45, 2.75) is 26.4 Å². The van der Waals surface area contributed by atoms with Gasteiger partial charge in [-0.3, -0.25) is 4.90 Å². The summed E-state index contributed by atoms with van der Waals surface area (Å²) in [5.41, 5.74) is 5.69. The molecule has 0 saturated heterocycles. The molecule has 2 heterocycles. The van der Waals surface area contributed by atoms with E-state index in [0.717, 1.165) is 0 Å². The van der Waals surface area contributed by atoms with Gasteiger partial charge in [0.05, 0.1) is 18.4 Å². The second kappa shape index (κ2) is 4.36. The number of hydrogen-bond acceptors (Lipinski definition) is 5. The molecule has 0 atom stereocenters. The first kappa shape index (κ1) is 12.5. The molecular formula is C12H17N3O3. The van der Waals surface area contributed by atoms with Crippen LogP contribution in [0.4, 0.5) is 16.3 Å². The summed E-state index contributed by atoms with van der Waals surface area (Å²) in [7, 11) is 0. The van der Waals surface area contributed by atoms with Crippen molar-refractivity contribution < 1.29 is 14.3 Å². The van der Waals surface area contributed by atoms with E-state index in [2.05, 4.69) is 4.98 Å². The zero-order chi connectivity index (χ0) is 13.3. The minimum absolute atomic E-state index is 0.341. The number of hydrogen-bond donors (Lipinski definition) is 1. The van der Waals surface area contributed by atoms with Gasteiger partial charge in [-0.15, -0.1) is 0 Å². The van der Waals surface area contributed by atoms with Gasteiger partial charge in [0.2, 0.25) is 0 Å². The number of aromatic nitrogens is 1. The maximum absolute atomic E-state index is 12.1. The molecule has 1 amide bonds. The fourth-order valence-electron chi connectivity index (χ4n) is 1.64. The topological polar surface area (TPSA) is 77.7 Å². The van der Waals surface area contributed by atoms with E-state index in [0.29, 0.717) is 30.4 Å². The molecule has 0 saturated carbocycles. The fourth-order valence-corrected chi connectivity index (χ4v) is 1.64. The molecule has 0 bridgehead atoms. The first-order valence-electron chi connectivity index (χ1n) is 5.76. The third-order valence-electron chi connectivity index (χ3n) is 2.35. The van der Waals surface area contributed by atoms with Gasteiger partial charge >= 0.3 is 6.09 Å². The van der Waals surface area contributed by atoms with Gasteiger partial charge in [-0.2, -0.15) is 0 Å². The number of anilines is 2. The highest BCUT2D eigenvalue weighted by Gasteiger charge is 2.28. The molecule has 6 nitrogen and oxygen atoms in total. The van der Waals surface area contributed by atoms with Gasteiger partial charge in [-0.25, -0.2) is 9.78 Å². The highest BCUT2D eigenvalue weighted by atomic mass is 16.6. The van der Waals surface area contributed by atoms with Crippen LogP contribution in [-0.2, 0) is 4.74 Å². The number of rotatable bonds is 0. The molecule has 2 N–H and O–H groups in total. The Hall–Kier alpha value is -1.98. The molecule has 18 heavy (non-hydrogen) atoms. The molecule has 0 aliphatic carbocycles. The van der Waals surface area contributed by atoms with Crippen LogP contribution in [-0.4, -0.2) is 29.8 Å². The Morgan fingerprint density at radius 1 is 1.56 bits per heavy atom. The third kappa shape index (κ3) is 2.64. The van der Waals surface area contributed by atoms with Gasteiger partial charge in [0.25, 0.3) is 0 Å². The Labute approximate surface area is 106 Å². The third-order valence-corrected chi connectivity index (χ3v) is 2.35. The van der Waals surface area contributed by atoms with Crippen LogP contribution in [0, 0.1) is 0 Å². The summed E-state index contributed by atoms with van der Waals surface area (Å²) in [6, 6.07) is 1.61. The summed E-state index contributed by atoms with van der Waals surface area (Å²) in [4.78, 5) is 17.5. The Bertz CT molecular complexity index is 468. The zero-order valence-electron chi connectivity index (χ0n) is 10.8. The van der Waals surface area contributed by atoms with Crippen molar-refractivity contribution in [3.05, 3.63) is 12.3 Å². The van der Waals surface area contributed by atoms with Gasteiger partial charge in [-0.05, 0) is 20.8 Å². The fraction of sp³-hybridized carbons (Fsp3) is 0.500. The van der Waals surface area contributed by atoms with Gasteiger partial charge in [-0.1, -0.05) is 0 Å². The normalized spacial score (nSPS) is 14.7. The number of carbonyl (C=O) groups excluding carboxylic acids is 1. The molecule has 2 rings (SSSR count). The minimum atomic E-state index is -0.534. The Morgan fingerprint density at radius 2 is 2.28 bits per heavy atom. The lowest BCUT2D eigenvalue weighted by Gasteiger charge is -2.31. The van der Waals surface area contributed by atoms with E-state index in [-0.39, 0.29) is 0 Å². The number of pyridine rings is 1. The molecule has 1 aliphatic heterocycles. The summed E-state index contributed by atoms with van der Waals surface area (Å²) in [5, 5.41) is 0. The van der Waals surface area contributed by atoms with Crippen molar-refractivity contribution >= 4 is 17.6 Å². The highest BCUT2D eigenvalue weighted by Crippen LogP contribution is 2.32. The summed E-state index contributed by atoms with van der Waals surface area (Å²) in [6.45, 7) is 6.33. The van der Waals surface area contributed by atoms with E-state index >= 15 is 0 Å². The number of nitrogen functional groups attached to an aromatic ring is 1. The quantitative estimate of drug-likeness (QED) is 0.760. The maximum Gasteiger partial charge on any atom is 0.415 e. The van der Waals surface area contributed by atoms with E-state index in [1.165, 1.54) is 11.1 Å². The van der Waals surface area contributed by atoms with E-state index in [1.54, 1.807) is 6.07 Å². The Balaban J connectivity index is 2.27. The van der Waals surface area contributed by atoms with Crippen molar-refractivity contribution in [3.63, 3.8) is 0 Å². The second-order valence-electron chi connectivity index (χ2n) is 5.06.